The molecule has 2 aromatic carbocycles. The zero-order valence-electron chi connectivity index (χ0n) is 24.6. The number of aromatic hydroxyl groups is 1. The van der Waals surface area contributed by atoms with Crippen LogP contribution in [-0.4, -0.2) is 46.8 Å². The highest BCUT2D eigenvalue weighted by atomic mass is 19.1. The van der Waals surface area contributed by atoms with Crippen molar-refractivity contribution in [3.05, 3.63) is 123 Å². The fourth-order valence-corrected chi connectivity index (χ4v) is 6.23. The summed E-state index contributed by atoms with van der Waals surface area (Å²) in [6, 6.07) is 14.1. The molecule has 0 bridgehead atoms. The Balaban J connectivity index is 1.20. The average molecular weight is 637 g/mol. The first-order valence-electron chi connectivity index (χ1n) is 14.9. The number of fused-ring (bicyclic) bond motifs is 2. The Labute approximate surface area is 264 Å². The van der Waals surface area contributed by atoms with Crippen LogP contribution in [0.1, 0.15) is 52.6 Å². The maximum atomic E-state index is 14.4. The molecule has 7 rings (SSSR count). The number of carbonyl (C=O) groups is 2. The van der Waals surface area contributed by atoms with Gasteiger partial charge in [0, 0.05) is 35.6 Å². The van der Waals surface area contributed by atoms with Crippen LogP contribution < -0.4 is 16.6 Å². The third kappa shape index (κ3) is 5.45. The number of rotatable bonds is 6. The minimum absolute atomic E-state index is 0.0244. The molecule has 0 aliphatic heterocycles. The molecule has 2 N–H and O–H groups in total. The van der Waals surface area contributed by atoms with Gasteiger partial charge in [-0.1, -0.05) is 18.2 Å². The molecular formula is C34H26F2N6O5. The Bertz CT molecular complexity index is 2340. The fourth-order valence-electron chi connectivity index (χ4n) is 6.23. The quantitative estimate of drug-likeness (QED) is 0.255. The summed E-state index contributed by atoms with van der Waals surface area (Å²) in [5.74, 6) is -1.75. The Kier molecular flexibility index (Phi) is 7.43. The van der Waals surface area contributed by atoms with Gasteiger partial charge in [-0.2, -0.15) is 0 Å². The van der Waals surface area contributed by atoms with Crippen LogP contribution in [0, 0.1) is 11.6 Å². The summed E-state index contributed by atoms with van der Waals surface area (Å²) in [5.41, 5.74) is 0.778. The van der Waals surface area contributed by atoms with E-state index in [-0.39, 0.29) is 28.5 Å². The predicted molar refractivity (Wildman–Crippen MR) is 168 cm³/mol. The lowest BCUT2D eigenvalue weighted by Crippen LogP contribution is -2.45. The number of nitrogens with one attached hydrogen (secondary N) is 1. The van der Waals surface area contributed by atoms with Crippen molar-refractivity contribution in [2.45, 2.75) is 37.8 Å². The molecule has 11 nitrogen and oxygen atoms in total. The molecule has 1 amide bonds. The summed E-state index contributed by atoms with van der Waals surface area (Å²) in [5, 5.41) is 13.4. The molecule has 0 spiro atoms. The molecule has 0 atom stereocenters. The molecule has 1 saturated carbocycles. The van der Waals surface area contributed by atoms with Crippen LogP contribution in [0.25, 0.3) is 33.5 Å². The summed E-state index contributed by atoms with van der Waals surface area (Å²) in [6.45, 7) is 0. The Morgan fingerprint density at radius 3 is 2.53 bits per heavy atom. The normalized spacial score (nSPS) is 16.4. The van der Waals surface area contributed by atoms with Crippen LogP contribution in [0.5, 0.6) is 5.75 Å². The second kappa shape index (κ2) is 11.7. The lowest BCUT2D eigenvalue weighted by molar-refractivity contribution is 0.0917. The number of aromatic nitrogens is 5. The zero-order valence-corrected chi connectivity index (χ0v) is 24.6. The van der Waals surface area contributed by atoms with Crippen LogP contribution >= 0.6 is 0 Å². The summed E-state index contributed by atoms with van der Waals surface area (Å²) in [6.07, 6.45) is 5.88. The van der Waals surface area contributed by atoms with Crippen LogP contribution in [-0.2, 0) is 0 Å². The first-order valence-corrected chi connectivity index (χ1v) is 14.9. The highest BCUT2D eigenvalue weighted by Crippen LogP contribution is 2.32. The summed E-state index contributed by atoms with van der Waals surface area (Å²) in [4.78, 5) is 60.3. The van der Waals surface area contributed by atoms with E-state index >= 15 is 0 Å². The largest absolute Gasteiger partial charge is 0.507 e. The van der Waals surface area contributed by atoms with Crippen molar-refractivity contribution >= 4 is 28.9 Å². The molecule has 1 aliphatic carbocycles. The topological polar surface area (TPSA) is 141 Å². The van der Waals surface area contributed by atoms with Crippen molar-refractivity contribution in [3.8, 4) is 22.6 Å². The van der Waals surface area contributed by atoms with Crippen LogP contribution in [0.4, 0.5) is 8.78 Å². The van der Waals surface area contributed by atoms with Gasteiger partial charge in [0.05, 0.1) is 17.3 Å². The lowest BCUT2D eigenvalue weighted by atomic mass is 9.90. The van der Waals surface area contributed by atoms with E-state index in [1.807, 2.05) is 0 Å². The van der Waals surface area contributed by atoms with Crippen LogP contribution in [0.2, 0.25) is 0 Å². The van der Waals surface area contributed by atoms with E-state index < -0.39 is 34.8 Å². The number of nitrogens with zero attached hydrogens (tertiary/aromatic N) is 5. The molecule has 47 heavy (non-hydrogen) atoms. The first kappa shape index (κ1) is 29.7. The first-order chi connectivity index (χ1) is 22.7. The molecule has 0 radical (unpaired) electrons. The van der Waals surface area contributed by atoms with Crippen molar-refractivity contribution < 1.29 is 23.5 Å². The van der Waals surface area contributed by atoms with Gasteiger partial charge in [0.15, 0.2) is 5.65 Å². The van der Waals surface area contributed by atoms with E-state index in [0.717, 1.165) is 16.8 Å². The molecule has 0 unspecified atom stereocenters. The number of halogens is 2. The lowest BCUT2D eigenvalue weighted by Gasteiger charge is -2.30. The predicted octanol–water partition coefficient (Wildman–Crippen LogP) is 4.57. The van der Waals surface area contributed by atoms with E-state index in [2.05, 4.69) is 15.3 Å². The number of phenols is 1. The number of hydrogen-bond acceptors (Lipinski definition) is 7. The second-order valence-corrected chi connectivity index (χ2v) is 11.5. The highest BCUT2D eigenvalue weighted by Gasteiger charge is 2.28. The third-order valence-electron chi connectivity index (χ3n) is 8.51. The van der Waals surface area contributed by atoms with Gasteiger partial charge >= 0.3 is 5.69 Å². The number of pyridine rings is 2. The molecule has 4 heterocycles. The van der Waals surface area contributed by atoms with Crippen molar-refractivity contribution in [2.24, 2.45) is 0 Å². The maximum Gasteiger partial charge on any atom is 0.337 e. The van der Waals surface area contributed by atoms with Gasteiger partial charge < -0.3 is 14.8 Å². The van der Waals surface area contributed by atoms with Gasteiger partial charge in [0.2, 0.25) is 0 Å². The molecule has 4 aromatic heterocycles. The number of amides is 1. The van der Waals surface area contributed by atoms with Gasteiger partial charge in [-0.15, -0.1) is 0 Å². The molecule has 1 fully saturated rings. The monoisotopic (exact) mass is 636 g/mol. The van der Waals surface area contributed by atoms with E-state index in [1.54, 1.807) is 36.4 Å². The molecule has 1 aliphatic rings. The Hall–Kier alpha value is -5.98. The number of benzene rings is 2. The molecule has 13 heteroatoms. The smallest absolute Gasteiger partial charge is 0.337 e. The Morgan fingerprint density at radius 2 is 1.77 bits per heavy atom. The van der Waals surface area contributed by atoms with Gasteiger partial charge in [0.1, 0.15) is 35.0 Å². The van der Waals surface area contributed by atoms with E-state index in [1.165, 1.54) is 39.6 Å². The number of phenolic OH excluding ortho intramolecular Hbond substituents is 1. The number of imidazole rings is 1. The molecular weight excluding hydrogens is 610 g/mol. The average Bonchev–Trinajstić information content (AvgIpc) is 3.49. The standard InChI is InChI=1S/C34H26F2N6O5/c35-21-5-11-30-39-28(17-40(30)16-21)32(45)38-23-6-8-24(9-7-23)42-33(46)27-14-22(36)15-37-31(27)41(34(42)47)25-3-1-2-20(13-25)26-10-4-19(18-43)12-29(26)44/h1-5,10-18,23-24,44H,6-9H2,(H,38,45). The molecule has 6 aromatic rings. The minimum atomic E-state index is -0.735. The molecule has 236 valence electrons. The van der Waals surface area contributed by atoms with Crippen molar-refractivity contribution in [1.29, 1.82) is 0 Å². The minimum Gasteiger partial charge on any atom is -0.507 e. The fraction of sp³-hybridized carbons (Fsp3) is 0.176. The highest BCUT2D eigenvalue weighted by molar-refractivity contribution is 5.93. The summed E-state index contributed by atoms with van der Waals surface area (Å²) >= 11 is 0. The zero-order chi connectivity index (χ0) is 32.8. The van der Waals surface area contributed by atoms with Crippen LogP contribution in [0.15, 0.2) is 88.8 Å². The second-order valence-electron chi connectivity index (χ2n) is 11.5. The van der Waals surface area contributed by atoms with E-state index in [9.17, 15) is 33.1 Å². The van der Waals surface area contributed by atoms with Crippen LogP contribution in [0.3, 0.4) is 0 Å². The van der Waals surface area contributed by atoms with Crippen molar-refractivity contribution in [1.82, 2.24) is 28.8 Å². The number of aldehydes is 1. The van der Waals surface area contributed by atoms with E-state index in [0.29, 0.717) is 60.0 Å². The van der Waals surface area contributed by atoms with Gasteiger partial charge in [-0.25, -0.2) is 28.1 Å². The number of hydrogen-bond donors (Lipinski definition) is 2. The SMILES string of the molecule is O=Cc1ccc(-c2cccc(-n3c(=O)n(C4CCC(NC(=O)c5cn6cc(F)ccc6n5)CC4)c(=O)c4cc(F)cnc43)c2)c(O)c1. The van der Waals surface area contributed by atoms with Gasteiger partial charge in [-0.05, 0) is 73.7 Å². The number of carbonyl (C=O) groups excluding carboxylic acids is 2. The third-order valence-corrected chi connectivity index (χ3v) is 8.51. The van der Waals surface area contributed by atoms with Crippen molar-refractivity contribution in [3.63, 3.8) is 0 Å². The Morgan fingerprint density at radius 1 is 0.957 bits per heavy atom. The summed E-state index contributed by atoms with van der Waals surface area (Å²) < 4.78 is 31.8. The van der Waals surface area contributed by atoms with Gasteiger partial charge in [-0.3, -0.25) is 19.0 Å². The maximum absolute atomic E-state index is 14.4. The van der Waals surface area contributed by atoms with E-state index in [4.69, 9.17) is 0 Å². The summed E-state index contributed by atoms with van der Waals surface area (Å²) in [7, 11) is 0. The van der Waals surface area contributed by atoms with Gasteiger partial charge in [0.25, 0.3) is 11.5 Å². The van der Waals surface area contributed by atoms with Crippen molar-refractivity contribution in [2.75, 3.05) is 0 Å². The molecule has 0 saturated heterocycles.